The van der Waals surface area contributed by atoms with E-state index in [1.54, 1.807) is 36.4 Å². The van der Waals surface area contributed by atoms with E-state index in [2.05, 4.69) is 5.32 Å². The third-order valence-corrected chi connectivity index (χ3v) is 7.62. The number of carbonyl (C=O) groups is 1. The molecule has 1 aromatic heterocycles. The summed E-state index contributed by atoms with van der Waals surface area (Å²) in [7, 11) is -3.49. The van der Waals surface area contributed by atoms with E-state index in [-0.39, 0.29) is 16.2 Å². The Morgan fingerprint density at radius 1 is 1.03 bits per heavy atom. The SMILES string of the molecule is CCn1c(C)cc(=O)c2cc(C(=O)Nc3ccc(S(=O)(=O)N4CCCC4)cc3)ccc21. The van der Waals surface area contributed by atoms with Gasteiger partial charge in [0.1, 0.15) is 0 Å². The third-order valence-electron chi connectivity index (χ3n) is 5.71. The number of nitrogens with zero attached hydrogens (tertiary/aromatic N) is 2. The number of benzene rings is 2. The molecule has 1 N–H and O–H groups in total. The van der Waals surface area contributed by atoms with Crippen LogP contribution in [0, 0.1) is 6.92 Å². The summed E-state index contributed by atoms with van der Waals surface area (Å²) in [5, 5.41) is 3.27. The summed E-state index contributed by atoms with van der Waals surface area (Å²) in [6.07, 6.45) is 1.75. The summed E-state index contributed by atoms with van der Waals surface area (Å²) in [6.45, 7) is 5.70. The van der Waals surface area contributed by atoms with Gasteiger partial charge in [-0.2, -0.15) is 4.31 Å². The van der Waals surface area contributed by atoms with Crippen molar-refractivity contribution in [3.05, 3.63) is 70.0 Å². The molecule has 2 aromatic carbocycles. The van der Waals surface area contributed by atoms with Gasteiger partial charge in [-0.1, -0.05) is 0 Å². The maximum Gasteiger partial charge on any atom is 0.255 e. The number of pyridine rings is 1. The average Bonchev–Trinajstić information content (AvgIpc) is 3.30. The van der Waals surface area contributed by atoms with E-state index in [1.165, 1.54) is 16.4 Å². The fraction of sp³-hybridized carbons (Fsp3) is 0.304. The van der Waals surface area contributed by atoms with E-state index < -0.39 is 10.0 Å². The summed E-state index contributed by atoms with van der Waals surface area (Å²) < 4.78 is 28.8. The number of anilines is 1. The van der Waals surface area contributed by atoms with E-state index in [1.807, 2.05) is 18.4 Å². The Labute approximate surface area is 181 Å². The Morgan fingerprint density at radius 2 is 1.71 bits per heavy atom. The first kappa shape index (κ1) is 21.3. The number of sulfonamides is 1. The second-order valence-electron chi connectivity index (χ2n) is 7.72. The van der Waals surface area contributed by atoms with Crippen LogP contribution >= 0.6 is 0 Å². The molecule has 0 spiro atoms. The van der Waals surface area contributed by atoms with Crippen LogP contribution in [-0.2, 0) is 16.6 Å². The van der Waals surface area contributed by atoms with Crippen LogP contribution in [0.3, 0.4) is 0 Å². The molecule has 1 fully saturated rings. The number of aryl methyl sites for hydroxylation is 2. The maximum absolute atomic E-state index is 12.7. The van der Waals surface area contributed by atoms with Crippen molar-refractivity contribution in [2.75, 3.05) is 18.4 Å². The van der Waals surface area contributed by atoms with Gasteiger partial charge >= 0.3 is 0 Å². The molecular weight excluding hydrogens is 414 g/mol. The standard InChI is InChI=1S/C23H25N3O4S/c1-3-26-16(2)14-22(27)20-15-17(6-11-21(20)26)23(28)24-18-7-9-19(10-8-18)31(29,30)25-12-4-5-13-25/h6-11,14-15H,3-5,12-13H2,1-2H3,(H,24,28). The molecule has 0 aliphatic carbocycles. The van der Waals surface area contributed by atoms with Crippen LogP contribution in [0.2, 0.25) is 0 Å². The monoisotopic (exact) mass is 439 g/mol. The van der Waals surface area contributed by atoms with Crippen LogP contribution in [0.4, 0.5) is 5.69 Å². The topological polar surface area (TPSA) is 88.5 Å². The highest BCUT2D eigenvalue weighted by atomic mass is 32.2. The second-order valence-corrected chi connectivity index (χ2v) is 9.65. The maximum atomic E-state index is 12.7. The van der Waals surface area contributed by atoms with Crippen LogP contribution in [-0.4, -0.2) is 36.3 Å². The summed E-state index contributed by atoms with van der Waals surface area (Å²) in [4.78, 5) is 25.4. The van der Waals surface area contributed by atoms with Gasteiger partial charge in [-0.05, 0) is 69.2 Å². The van der Waals surface area contributed by atoms with Crippen molar-refractivity contribution in [3.63, 3.8) is 0 Å². The molecule has 31 heavy (non-hydrogen) atoms. The minimum atomic E-state index is -3.49. The first-order valence-electron chi connectivity index (χ1n) is 10.4. The number of hydrogen-bond acceptors (Lipinski definition) is 4. The van der Waals surface area contributed by atoms with E-state index in [0.29, 0.717) is 29.7 Å². The summed E-state index contributed by atoms with van der Waals surface area (Å²) >= 11 is 0. The Balaban J connectivity index is 1.57. The fourth-order valence-corrected chi connectivity index (χ4v) is 5.57. The lowest BCUT2D eigenvalue weighted by atomic mass is 10.1. The molecule has 0 bridgehead atoms. The molecule has 162 valence electrons. The van der Waals surface area contributed by atoms with Crippen molar-refractivity contribution in [1.29, 1.82) is 0 Å². The quantitative estimate of drug-likeness (QED) is 0.660. The Bertz CT molecular complexity index is 1310. The molecule has 0 radical (unpaired) electrons. The lowest BCUT2D eigenvalue weighted by Gasteiger charge is -2.16. The zero-order chi connectivity index (χ0) is 22.2. The highest BCUT2D eigenvalue weighted by Gasteiger charge is 2.27. The van der Waals surface area contributed by atoms with Gasteiger partial charge in [0.2, 0.25) is 10.0 Å². The lowest BCUT2D eigenvalue weighted by Crippen LogP contribution is -2.27. The van der Waals surface area contributed by atoms with Crippen molar-refractivity contribution in [2.45, 2.75) is 38.1 Å². The molecule has 2 heterocycles. The van der Waals surface area contributed by atoms with Crippen LogP contribution in [0.25, 0.3) is 10.9 Å². The molecule has 0 atom stereocenters. The predicted octanol–water partition coefficient (Wildman–Crippen LogP) is 3.37. The van der Waals surface area contributed by atoms with Gasteiger partial charge in [-0.25, -0.2) is 8.42 Å². The molecule has 4 rings (SSSR count). The molecule has 8 heteroatoms. The zero-order valence-corrected chi connectivity index (χ0v) is 18.4. The van der Waals surface area contributed by atoms with E-state index in [4.69, 9.17) is 0 Å². The van der Waals surface area contributed by atoms with Gasteiger partial charge in [-0.3, -0.25) is 9.59 Å². The molecule has 0 saturated carbocycles. The minimum Gasteiger partial charge on any atom is -0.345 e. The Kier molecular flexibility index (Phi) is 5.68. The molecule has 1 amide bonds. The van der Waals surface area contributed by atoms with E-state index in [9.17, 15) is 18.0 Å². The van der Waals surface area contributed by atoms with Crippen LogP contribution in [0.1, 0.15) is 35.8 Å². The molecule has 7 nitrogen and oxygen atoms in total. The smallest absolute Gasteiger partial charge is 0.255 e. The number of fused-ring (bicyclic) bond motifs is 1. The summed E-state index contributed by atoms with van der Waals surface area (Å²) in [6, 6.07) is 12.8. The predicted molar refractivity (Wildman–Crippen MR) is 121 cm³/mol. The van der Waals surface area contributed by atoms with Crippen molar-refractivity contribution in [1.82, 2.24) is 8.87 Å². The molecule has 3 aromatic rings. The number of carbonyl (C=O) groups excluding carboxylic acids is 1. The summed E-state index contributed by atoms with van der Waals surface area (Å²) in [5.74, 6) is -0.361. The first-order valence-corrected chi connectivity index (χ1v) is 11.8. The molecule has 1 saturated heterocycles. The third kappa shape index (κ3) is 4.00. The zero-order valence-electron chi connectivity index (χ0n) is 17.6. The highest BCUT2D eigenvalue weighted by molar-refractivity contribution is 7.89. The minimum absolute atomic E-state index is 0.122. The number of amides is 1. The van der Waals surface area contributed by atoms with Gasteiger partial charge in [0, 0.05) is 48.0 Å². The van der Waals surface area contributed by atoms with Gasteiger partial charge < -0.3 is 9.88 Å². The molecule has 0 unspecified atom stereocenters. The number of rotatable bonds is 5. The van der Waals surface area contributed by atoms with Gasteiger partial charge in [0.15, 0.2) is 5.43 Å². The second kappa shape index (κ2) is 8.28. The number of nitrogens with one attached hydrogen (secondary N) is 1. The van der Waals surface area contributed by atoms with Crippen LogP contribution < -0.4 is 10.7 Å². The van der Waals surface area contributed by atoms with Crippen molar-refractivity contribution in [3.8, 4) is 0 Å². The van der Waals surface area contributed by atoms with Crippen molar-refractivity contribution in [2.24, 2.45) is 0 Å². The lowest BCUT2D eigenvalue weighted by molar-refractivity contribution is 0.102. The van der Waals surface area contributed by atoms with Gasteiger partial charge in [0.05, 0.1) is 10.4 Å². The van der Waals surface area contributed by atoms with E-state index in [0.717, 1.165) is 30.6 Å². The highest BCUT2D eigenvalue weighted by Crippen LogP contribution is 2.23. The largest absolute Gasteiger partial charge is 0.345 e. The van der Waals surface area contributed by atoms with Crippen molar-refractivity contribution >= 4 is 32.5 Å². The molecule has 1 aliphatic heterocycles. The number of hydrogen-bond donors (Lipinski definition) is 1. The average molecular weight is 440 g/mol. The fourth-order valence-electron chi connectivity index (χ4n) is 4.06. The van der Waals surface area contributed by atoms with Gasteiger partial charge in [0.25, 0.3) is 5.91 Å². The van der Waals surface area contributed by atoms with Crippen LogP contribution in [0.5, 0.6) is 0 Å². The molecular formula is C23H25N3O4S. The van der Waals surface area contributed by atoms with Gasteiger partial charge in [-0.15, -0.1) is 0 Å². The Hall–Kier alpha value is -2.97. The van der Waals surface area contributed by atoms with Crippen molar-refractivity contribution < 1.29 is 13.2 Å². The van der Waals surface area contributed by atoms with E-state index >= 15 is 0 Å². The number of aromatic nitrogens is 1. The summed E-state index contributed by atoms with van der Waals surface area (Å²) in [5.41, 5.74) is 2.40. The van der Waals surface area contributed by atoms with Crippen LogP contribution in [0.15, 0.2) is 58.2 Å². The normalized spacial score (nSPS) is 14.8. The first-order chi connectivity index (χ1) is 14.8. The Morgan fingerprint density at radius 3 is 2.35 bits per heavy atom. The molecule has 1 aliphatic rings.